The summed E-state index contributed by atoms with van der Waals surface area (Å²) in [6.45, 7) is 6.68. The van der Waals surface area contributed by atoms with Crippen molar-refractivity contribution in [1.29, 1.82) is 0 Å². The highest BCUT2D eigenvalue weighted by Crippen LogP contribution is 2.28. The Labute approximate surface area is 109 Å². The highest BCUT2D eigenvalue weighted by atomic mass is 16.5. The average Bonchev–Trinajstić information content (AvgIpc) is 3.09. The van der Waals surface area contributed by atoms with Gasteiger partial charge in [0.2, 0.25) is 5.91 Å². The summed E-state index contributed by atoms with van der Waals surface area (Å²) in [7, 11) is 0. The average molecular weight is 247 g/mol. The Morgan fingerprint density at radius 2 is 1.89 bits per heavy atom. The second-order valence-electron chi connectivity index (χ2n) is 5.85. The minimum absolute atomic E-state index is 0.179. The van der Waals surface area contributed by atoms with Crippen LogP contribution in [0.3, 0.4) is 0 Å². The van der Waals surface area contributed by atoms with Crippen LogP contribution in [0.25, 0.3) is 0 Å². The normalized spacial score (nSPS) is 15.3. The van der Waals surface area contributed by atoms with Crippen molar-refractivity contribution in [2.24, 2.45) is 5.92 Å². The minimum Gasteiger partial charge on any atom is -0.488 e. The summed E-state index contributed by atoms with van der Waals surface area (Å²) in [4.78, 5) is 11.5. The number of hydrogen-bond donors (Lipinski definition) is 1. The van der Waals surface area contributed by atoms with E-state index in [2.05, 4.69) is 5.32 Å². The number of carbonyl (C=O) groups excluding carboxylic acids is 1. The smallest absolute Gasteiger partial charge is 0.223 e. The first kappa shape index (κ1) is 12.9. The quantitative estimate of drug-likeness (QED) is 0.888. The summed E-state index contributed by atoms with van der Waals surface area (Å²) < 4.78 is 5.74. The monoisotopic (exact) mass is 247 g/mol. The molecule has 1 aliphatic carbocycles. The summed E-state index contributed by atoms with van der Waals surface area (Å²) in [5.74, 6) is 1.32. The molecule has 0 aromatic heterocycles. The Balaban J connectivity index is 1.85. The van der Waals surface area contributed by atoms with Gasteiger partial charge in [0.1, 0.15) is 11.4 Å². The molecule has 0 atom stereocenters. The molecule has 0 radical (unpaired) electrons. The molecule has 1 amide bonds. The molecule has 1 aliphatic rings. The molecule has 0 saturated heterocycles. The van der Waals surface area contributed by atoms with E-state index < -0.39 is 0 Å². The van der Waals surface area contributed by atoms with Gasteiger partial charge in [0.15, 0.2) is 0 Å². The molecule has 1 saturated carbocycles. The van der Waals surface area contributed by atoms with Crippen LogP contribution in [0.15, 0.2) is 24.3 Å². The number of nitrogens with one attached hydrogen (secondary N) is 1. The third-order valence-corrected chi connectivity index (χ3v) is 2.76. The number of benzene rings is 1. The fraction of sp³-hybridized carbons (Fsp3) is 0.533. The van der Waals surface area contributed by atoms with E-state index in [9.17, 15) is 4.79 Å². The molecule has 2 rings (SSSR count). The molecule has 1 aromatic rings. The second kappa shape index (κ2) is 5.01. The van der Waals surface area contributed by atoms with Crippen LogP contribution >= 0.6 is 0 Å². The van der Waals surface area contributed by atoms with Crippen molar-refractivity contribution in [1.82, 2.24) is 5.32 Å². The first-order valence-corrected chi connectivity index (χ1v) is 6.50. The maximum atomic E-state index is 11.5. The number of ether oxygens (including phenoxy) is 1. The highest BCUT2D eigenvalue weighted by molar-refractivity contribution is 5.80. The van der Waals surface area contributed by atoms with Gasteiger partial charge in [-0.05, 0) is 51.3 Å². The SMILES string of the molecule is CC(C)(C)Oc1ccc(CNC(=O)C2CC2)cc1. The highest BCUT2D eigenvalue weighted by Gasteiger charge is 2.29. The molecule has 0 spiro atoms. The molecule has 3 heteroatoms. The standard InChI is InChI=1S/C15H21NO2/c1-15(2,3)18-13-8-4-11(5-9-13)10-16-14(17)12-6-7-12/h4-5,8-9,12H,6-7,10H2,1-3H3,(H,16,17). The molecular weight excluding hydrogens is 226 g/mol. The molecule has 0 heterocycles. The Morgan fingerprint density at radius 3 is 2.39 bits per heavy atom. The lowest BCUT2D eigenvalue weighted by Crippen LogP contribution is -2.24. The predicted octanol–water partition coefficient (Wildman–Crippen LogP) is 2.89. The van der Waals surface area contributed by atoms with E-state index in [-0.39, 0.29) is 17.4 Å². The molecule has 1 fully saturated rings. The van der Waals surface area contributed by atoms with Crippen LogP contribution in [0.5, 0.6) is 5.75 Å². The zero-order valence-corrected chi connectivity index (χ0v) is 11.3. The van der Waals surface area contributed by atoms with E-state index in [4.69, 9.17) is 4.74 Å². The molecular formula is C15H21NO2. The molecule has 1 aromatic carbocycles. The second-order valence-corrected chi connectivity index (χ2v) is 5.85. The van der Waals surface area contributed by atoms with Crippen LogP contribution in [0.4, 0.5) is 0 Å². The van der Waals surface area contributed by atoms with Gasteiger partial charge >= 0.3 is 0 Å². The fourth-order valence-corrected chi connectivity index (χ4v) is 1.71. The zero-order valence-electron chi connectivity index (χ0n) is 11.3. The van der Waals surface area contributed by atoms with Crippen molar-refractivity contribution in [3.05, 3.63) is 29.8 Å². The van der Waals surface area contributed by atoms with Crippen molar-refractivity contribution in [2.45, 2.75) is 45.8 Å². The topological polar surface area (TPSA) is 38.3 Å². The fourth-order valence-electron chi connectivity index (χ4n) is 1.71. The number of carbonyl (C=O) groups is 1. The van der Waals surface area contributed by atoms with Gasteiger partial charge in [-0.2, -0.15) is 0 Å². The molecule has 1 N–H and O–H groups in total. The molecule has 0 unspecified atom stereocenters. The van der Waals surface area contributed by atoms with Crippen LogP contribution in [-0.2, 0) is 11.3 Å². The van der Waals surface area contributed by atoms with E-state index in [1.165, 1.54) is 0 Å². The molecule has 18 heavy (non-hydrogen) atoms. The lowest BCUT2D eigenvalue weighted by atomic mass is 10.1. The summed E-state index contributed by atoms with van der Waals surface area (Å²) in [5.41, 5.74) is 0.923. The Hall–Kier alpha value is -1.51. The molecule has 98 valence electrons. The minimum atomic E-state index is -0.179. The Morgan fingerprint density at radius 1 is 1.28 bits per heavy atom. The summed E-state index contributed by atoms with van der Waals surface area (Å²) in [5, 5.41) is 2.95. The van der Waals surface area contributed by atoms with E-state index >= 15 is 0 Å². The Bertz CT molecular complexity index is 413. The van der Waals surface area contributed by atoms with Crippen LogP contribution in [-0.4, -0.2) is 11.5 Å². The Kier molecular flexibility index (Phi) is 3.60. The first-order valence-electron chi connectivity index (χ1n) is 6.50. The third kappa shape index (κ3) is 4.06. The van der Waals surface area contributed by atoms with Gasteiger partial charge in [-0.25, -0.2) is 0 Å². The largest absolute Gasteiger partial charge is 0.488 e. The molecule has 0 aliphatic heterocycles. The molecule has 0 bridgehead atoms. The third-order valence-electron chi connectivity index (χ3n) is 2.76. The summed E-state index contributed by atoms with van der Waals surface area (Å²) >= 11 is 0. The summed E-state index contributed by atoms with van der Waals surface area (Å²) in [6, 6.07) is 7.89. The van der Waals surface area contributed by atoms with Crippen molar-refractivity contribution in [3.63, 3.8) is 0 Å². The lowest BCUT2D eigenvalue weighted by Gasteiger charge is -2.21. The van der Waals surface area contributed by atoms with Gasteiger partial charge in [0, 0.05) is 12.5 Å². The number of rotatable bonds is 4. The van der Waals surface area contributed by atoms with E-state index in [1.54, 1.807) is 0 Å². The van der Waals surface area contributed by atoms with E-state index in [1.807, 2.05) is 45.0 Å². The predicted molar refractivity (Wildman–Crippen MR) is 71.4 cm³/mol. The van der Waals surface area contributed by atoms with Crippen molar-refractivity contribution < 1.29 is 9.53 Å². The van der Waals surface area contributed by atoms with Gasteiger partial charge in [-0.15, -0.1) is 0 Å². The maximum absolute atomic E-state index is 11.5. The maximum Gasteiger partial charge on any atom is 0.223 e. The molecule has 3 nitrogen and oxygen atoms in total. The number of hydrogen-bond acceptors (Lipinski definition) is 2. The van der Waals surface area contributed by atoms with Crippen LogP contribution in [0.1, 0.15) is 39.2 Å². The van der Waals surface area contributed by atoms with E-state index in [0.29, 0.717) is 6.54 Å². The van der Waals surface area contributed by atoms with Crippen LogP contribution in [0.2, 0.25) is 0 Å². The van der Waals surface area contributed by atoms with Crippen LogP contribution in [0, 0.1) is 5.92 Å². The van der Waals surface area contributed by atoms with Crippen molar-refractivity contribution >= 4 is 5.91 Å². The van der Waals surface area contributed by atoms with Gasteiger partial charge in [0.25, 0.3) is 0 Å². The number of amides is 1. The van der Waals surface area contributed by atoms with Gasteiger partial charge in [-0.1, -0.05) is 12.1 Å². The van der Waals surface area contributed by atoms with Gasteiger partial charge in [-0.3, -0.25) is 4.79 Å². The van der Waals surface area contributed by atoms with Crippen LogP contribution < -0.4 is 10.1 Å². The summed E-state index contributed by atoms with van der Waals surface area (Å²) in [6.07, 6.45) is 2.09. The lowest BCUT2D eigenvalue weighted by molar-refractivity contribution is -0.122. The van der Waals surface area contributed by atoms with E-state index in [0.717, 1.165) is 24.2 Å². The van der Waals surface area contributed by atoms with Crippen molar-refractivity contribution in [3.8, 4) is 5.75 Å². The zero-order chi connectivity index (χ0) is 13.2. The van der Waals surface area contributed by atoms with Crippen molar-refractivity contribution in [2.75, 3.05) is 0 Å². The van der Waals surface area contributed by atoms with Gasteiger partial charge < -0.3 is 10.1 Å². The van der Waals surface area contributed by atoms with Gasteiger partial charge in [0.05, 0.1) is 0 Å². The first-order chi connectivity index (χ1) is 8.44.